The van der Waals surface area contributed by atoms with Gasteiger partial charge in [-0.05, 0) is 0 Å². The van der Waals surface area contributed by atoms with Crippen molar-refractivity contribution in [2.75, 3.05) is 0 Å². The van der Waals surface area contributed by atoms with E-state index in [0.717, 1.165) is 0 Å². The Hall–Kier alpha value is -1.32. The second-order valence-electron chi connectivity index (χ2n) is 3.03. The minimum atomic E-state index is -0.295. The molecule has 0 saturated carbocycles. The summed E-state index contributed by atoms with van der Waals surface area (Å²) in [6.45, 7) is 3.82. The van der Waals surface area contributed by atoms with Crippen molar-refractivity contribution >= 4 is 0 Å². The molecule has 1 aromatic heterocycles. The van der Waals surface area contributed by atoms with Gasteiger partial charge in [0.1, 0.15) is 11.4 Å². The predicted octanol–water partition coefficient (Wildman–Crippen LogP) is 0.609. The van der Waals surface area contributed by atoms with Crippen molar-refractivity contribution in [1.29, 1.82) is 0 Å². The van der Waals surface area contributed by atoms with Crippen LogP contribution in [0.3, 0.4) is 0 Å². The van der Waals surface area contributed by atoms with Gasteiger partial charge in [0.15, 0.2) is 0 Å². The van der Waals surface area contributed by atoms with Crippen molar-refractivity contribution in [3.8, 4) is 5.75 Å². The van der Waals surface area contributed by atoms with Gasteiger partial charge >= 0.3 is 0 Å². The maximum atomic E-state index is 11.0. The predicted molar refractivity (Wildman–Crippen MR) is 45.2 cm³/mol. The Balaban J connectivity index is 3.33. The largest absolute Gasteiger partial charge is 0.506 e. The molecule has 1 heterocycles. The Bertz CT molecular complexity index is 341. The standard InChI is InChI=1S/C8H12N2O2/c1-5(2)8-6(11)4-7(12)10(3)9-8/h4-5,11H,1-3H3. The number of hydrogen-bond acceptors (Lipinski definition) is 3. The Morgan fingerprint density at radius 1 is 1.58 bits per heavy atom. The Morgan fingerprint density at radius 2 is 2.17 bits per heavy atom. The van der Waals surface area contributed by atoms with Crippen molar-refractivity contribution in [2.45, 2.75) is 19.8 Å². The van der Waals surface area contributed by atoms with Gasteiger partial charge in [-0.2, -0.15) is 5.10 Å². The third kappa shape index (κ3) is 1.47. The van der Waals surface area contributed by atoms with Crippen LogP contribution in [0.2, 0.25) is 0 Å². The third-order valence-electron chi connectivity index (χ3n) is 1.65. The first-order chi connectivity index (χ1) is 5.52. The molecule has 0 aromatic carbocycles. The lowest BCUT2D eigenvalue weighted by molar-refractivity contribution is 0.448. The summed E-state index contributed by atoms with van der Waals surface area (Å²) in [6, 6.07) is 1.18. The average Bonchev–Trinajstić information content (AvgIpc) is 1.96. The zero-order valence-electron chi connectivity index (χ0n) is 7.40. The SMILES string of the molecule is CC(C)c1nn(C)c(=O)cc1O. The Kier molecular flexibility index (Phi) is 2.17. The molecule has 0 fully saturated rings. The third-order valence-corrected chi connectivity index (χ3v) is 1.65. The fourth-order valence-electron chi connectivity index (χ4n) is 0.958. The van der Waals surface area contributed by atoms with Gasteiger partial charge in [-0.1, -0.05) is 13.8 Å². The molecule has 12 heavy (non-hydrogen) atoms. The number of rotatable bonds is 1. The number of hydrogen-bond donors (Lipinski definition) is 1. The van der Waals surface area contributed by atoms with Crippen LogP contribution in [0.1, 0.15) is 25.5 Å². The van der Waals surface area contributed by atoms with E-state index in [-0.39, 0.29) is 17.2 Å². The fraction of sp³-hybridized carbons (Fsp3) is 0.500. The molecule has 0 bridgehead atoms. The van der Waals surface area contributed by atoms with Gasteiger partial charge in [-0.15, -0.1) is 0 Å². The topological polar surface area (TPSA) is 55.1 Å². The summed E-state index contributed by atoms with van der Waals surface area (Å²) < 4.78 is 1.22. The molecule has 0 saturated heterocycles. The maximum absolute atomic E-state index is 11.0. The van der Waals surface area contributed by atoms with Crippen molar-refractivity contribution in [2.24, 2.45) is 7.05 Å². The Morgan fingerprint density at radius 3 is 2.67 bits per heavy atom. The molecule has 1 N–H and O–H groups in total. The normalized spacial score (nSPS) is 10.7. The highest BCUT2D eigenvalue weighted by Gasteiger charge is 2.08. The van der Waals surface area contributed by atoms with E-state index in [0.29, 0.717) is 5.69 Å². The lowest BCUT2D eigenvalue weighted by Crippen LogP contribution is -2.20. The molecule has 0 unspecified atom stereocenters. The molecule has 1 aromatic rings. The van der Waals surface area contributed by atoms with E-state index in [1.807, 2.05) is 13.8 Å². The Labute approximate surface area is 70.5 Å². The van der Waals surface area contributed by atoms with Gasteiger partial charge in [-0.25, -0.2) is 4.68 Å². The van der Waals surface area contributed by atoms with Crippen LogP contribution in [-0.2, 0) is 7.05 Å². The van der Waals surface area contributed by atoms with E-state index < -0.39 is 0 Å². The van der Waals surface area contributed by atoms with Gasteiger partial charge < -0.3 is 5.11 Å². The first-order valence-electron chi connectivity index (χ1n) is 3.79. The van der Waals surface area contributed by atoms with Gasteiger partial charge in [0.2, 0.25) is 0 Å². The number of nitrogens with zero attached hydrogens (tertiary/aromatic N) is 2. The summed E-state index contributed by atoms with van der Waals surface area (Å²) in [5.74, 6) is 0.102. The first kappa shape index (κ1) is 8.77. The lowest BCUT2D eigenvalue weighted by Gasteiger charge is -2.07. The molecule has 0 amide bonds. The van der Waals surface area contributed by atoms with E-state index in [2.05, 4.69) is 5.10 Å². The van der Waals surface area contributed by atoms with Gasteiger partial charge in [0.25, 0.3) is 5.56 Å². The fourth-order valence-corrected chi connectivity index (χ4v) is 0.958. The van der Waals surface area contributed by atoms with E-state index in [9.17, 15) is 9.90 Å². The molecule has 0 spiro atoms. The summed E-state index contributed by atoms with van der Waals surface area (Å²) in [5, 5.41) is 13.2. The quantitative estimate of drug-likeness (QED) is 0.668. The van der Waals surface area contributed by atoms with Crippen LogP contribution >= 0.6 is 0 Å². The van der Waals surface area contributed by atoms with Crippen LogP contribution in [0.4, 0.5) is 0 Å². The summed E-state index contributed by atoms with van der Waals surface area (Å²) in [5.41, 5.74) is 0.258. The first-order valence-corrected chi connectivity index (χ1v) is 3.79. The summed E-state index contributed by atoms with van der Waals surface area (Å²) >= 11 is 0. The van der Waals surface area contributed by atoms with E-state index in [1.54, 1.807) is 7.05 Å². The summed E-state index contributed by atoms with van der Waals surface area (Å²) in [6.07, 6.45) is 0. The smallest absolute Gasteiger partial charge is 0.270 e. The zero-order valence-corrected chi connectivity index (χ0v) is 7.40. The highest BCUT2D eigenvalue weighted by Crippen LogP contribution is 2.19. The molecule has 4 heteroatoms. The molecule has 0 aliphatic rings. The van der Waals surface area contributed by atoms with Gasteiger partial charge in [0, 0.05) is 19.0 Å². The minimum Gasteiger partial charge on any atom is -0.506 e. The molecule has 0 atom stereocenters. The van der Waals surface area contributed by atoms with E-state index in [4.69, 9.17) is 0 Å². The molecule has 66 valence electrons. The van der Waals surface area contributed by atoms with Crippen LogP contribution in [0, 0.1) is 0 Å². The van der Waals surface area contributed by atoms with Crippen molar-refractivity contribution < 1.29 is 5.11 Å². The van der Waals surface area contributed by atoms with Gasteiger partial charge in [-0.3, -0.25) is 4.79 Å². The van der Waals surface area contributed by atoms with Crippen LogP contribution < -0.4 is 5.56 Å². The molecule has 0 aliphatic carbocycles. The highest BCUT2D eigenvalue weighted by molar-refractivity contribution is 5.25. The second-order valence-corrected chi connectivity index (χ2v) is 3.03. The zero-order chi connectivity index (χ0) is 9.30. The summed E-state index contributed by atoms with van der Waals surface area (Å²) in [4.78, 5) is 11.0. The van der Waals surface area contributed by atoms with Crippen LogP contribution in [-0.4, -0.2) is 14.9 Å². The number of aromatic nitrogens is 2. The van der Waals surface area contributed by atoms with Crippen molar-refractivity contribution in [1.82, 2.24) is 9.78 Å². The monoisotopic (exact) mass is 168 g/mol. The van der Waals surface area contributed by atoms with Crippen LogP contribution in [0.25, 0.3) is 0 Å². The number of aromatic hydroxyl groups is 1. The van der Waals surface area contributed by atoms with Crippen molar-refractivity contribution in [3.05, 3.63) is 22.1 Å². The lowest BCUT2D eigenvalue weighted by atomic mass is 10.1. The van der Waals surface area contributed by atoms with E-state index in [1.165, 1.54) is 10.7 Å². The highest BCUT2D eigenvalue weighted by atomic mass is 16.3. The average molecular weight is 168 g/mol. The molecule has 0 aliphatic heterocycles. The van der Waals surface area contributed by atoms with E-state index >= 15 is 0 Å². The minimum absolute atomic E-state index is 0.0203. The summed E-state index contributed by atoms with van der Waals surface area (Å²) in [7, 11) is 1.56. The second kappa shape index (κ2) is 2.97. The van der Waals surface area contributed by atoms with Crippen molar-refractivity contribution in [3.63, 3.8) is 0 Å². The van der Waals surface area contributed by atoms with Crippen LogP contribution in [0.15, 0.2) is 10.9 Å². The van der Waals surface area contributed by atoms with Crippen LogP contribution in [0.5, 0.6) is 5.75 Å². The molecule has 0 radical (unpaired) electrons. The molecule has 4 nitrogen and oxygen atoms in total. The maximum Gasteiger partial charge on any atom is 0.270 e. The molecule has 1 rings (SSSR count). The van der Waals surface area contributed by atoms with Gasteiger partial charge in [0.05, 0.1) is 0 Å². The molecular weight excluding hydrogens is 156 g/mol. The number of aryl methyl sites for hydroxylation is 1. The molecular formula is C8H12N2O2.